The third kappa shape index (κ3) is 3.72. The molecule has 0 aromatic rings. The molecule has 134 valence electrons. The quantitative estimate of drug-likeness (QED) is 0.743. The molecule has 2 rings (SSSR count). The highest BCUT2D eigenvalue weighted by Crippen LogP contribution is 2.55. The van der Waals surface area contributed by atoms with Crippen molar-refractivity contribution in [1.29, 1.82) is 0 Å². The highest BCUT2D eigenvalue weighted by molar-refractivity contribution is 5.82. The molecule has 0 radical (unpaired) electrons. The summed E-state index contributed by atoms with van der Waals surface area (Å²) in [5.41, 5.74) is 6.20. The predicted molar refractivity (Wildman–Crippen MR) is 91.2 cm³/mol. The number of methoxy groups -OCH3 is 1. The number of amides is 1. The predicted octanol–water partition coefficient (Wildman–Crippen LogP) is 2.33. The number of carbonyl (C=O) groups is 1. The van der Waals surface area contributed by atoms with E-state index in [1.807, 2.05) is 4.90 Å². The Hall–Kier alpha value is -0.650. The second-order valence-electron chi connectivity index (χ2n) is 7.08. The molecule has 1 spiro atoms. The Kier molecular flexibility index (Phi) is 6.86. The topological polar surface area (TPSA) is 64.8 Å². The minimum Gasteiger partial charge on any atom is -0.383 e. The summed E-state index contributed by atoms with van der Waals surface area (Å²) >= 11 is 0. The van der Waals surface area contributed by atoms with Crippen molar-refractivity contribution in [2.24, 2.45) is 11.1 Å². The van der Waals surface area contributed by atoms with Crippen LogP contribution in [0.5, 0.6) is 0 Å². The second-order valence-corrected chi connectivity index (χ2v) is 7.08. The van der Waals surface area contributed by atoms with Gasteiger partial charge >= 0.3 is 0 Å². The molecule has 3 atom stereocenters. The van der Waals surface area contributed by atoms with E-state index in [-0.39, 0.29) is 24.0 Å². The molecule has 0 aromatic carbocycles. The average Bonchev–Trinajstić information content (AvgIpc) is 2.57. The molecule has 2 aliphatic rings. The Morgan fingerprint density at radius 3 is 2.57 bits per heavy atom. The van der Waals surface area contributed by atoms with E-state index in [1.54, 1.807) is 7.11 Å². The van der Waals surface area contributed by atoms with Crippen LogP contribution < -0.4 is 5.73 Å². The van der Waals surface area contributed by atoms with Crippen LogP contribution in [0.1, 0.15) is 58.8 Å². The van der Waals surface area contributed by atoms with Crippen LogP contribution in [-0.2, 0) is 14.3 Å². The SMILES string of the molecule is CCCN(C(=O)C(N)COC)C1CC(OCC)C12CCCCC2. The van der Waals surface area contributed by atoms with Crippen LogP contribution in [0.4, 0.5) is 0 Å². The molecule has 0 aliphatic heterocycles. The molecule has 5 nitrogen and oxygen atoms in total. The van der Waals surface area contributed by atoms with Gasteiger partial charge in [-0.15, -0.1) is 0 Å². The molecule has 0 saturated heterocycles. The van der Waals surface area contributed by atoms with Gasteiger partial charge in [-0.25, -0.2) is 0 Å². The summed E-state index contributed by atoms with van der Waals surface area (Å²) in [6.45, 7) is 6.00. The molecule has 2 N–H and O–H groups in total. The van der Waals surface area contributed by atoms with E-state index in [4.69, 9.17) is 15.2 Å². The molecule has 0 bridgehead atoms. The molecule has 23 heavy (non-hydrogen) atoms. The zero-order valence-corrected chi connectivity index (χ0v) is 15.1. The van der Waals surface area contributed by atoms with Crippen LogP contribution >= 0.6 is 0 Å². The summed E-state index contributed by atoms with van der Waals surface area (Å²) in [4.78, 5) is 14.9. The van der Waals surface area contributed by atoms with Gasteiger partial charge in [0.05, 0.1) is 12.7 Å². The Balaban J connectivity index is 2.15. The van der Waals surface area contributed by atoms with Crippen molar-refractivity contribution in [3.05, 3.63) is 0 Å². The first-order valence-electron chi connectivity index (χ1n) is 9.27. The second kappa shape index (κ2) is 8.45. The maximum Gasteiger partial charge on any atom is 0.242 e. The summed E-state index contributed by atoms with van der Waals surface area (Å²) < 4.78 is 11.1. The molecule has 0 aromatic heterocycles. The van der Waals surface area contributed by atoms with E-state index in [9.17, 15) is 4.79 Å². The van der Waals surface area contributed by atoms with Crippen molar-refractivity contribution >= 4 is 5.91 Å². The van der Waals surface area contributed by atoms with Crippen LogP contribution in [-0.4, -0.2) is 55.9 Å². The maximum atomic E-state index is 12.8. The fourth-order valence-corrected chi connectivity index (χ4v) is 4.59. The molecule has 0 heterocycles. The molecule has 2 saturated carbocycles. The van der Waals surface area contributed by atoms with Gasteiger partial charge in [-0.05, 0) is 32.6 Å². The van der Waals surface area contributed by atoms with Gasteiger partial charge in [0.2, 0.25) is 5.91 Å². The average molecular weight is 326 g/mol. The van der Waals surface area contributed by atoms with Gasteiger partial charge in [0.15, 0.2) is 0 Å². The first kappa shape index (κ1) is 18.7. The van der Waals surface area contributed by atoms with Crippen LogP contribution in [0.15, 0.2) is 0 Å². The van der Waals surface area contributed by atoms with E-state index < -0.39 is 6.04 Å². The standard InChI is InChI=1S/C18H34N2O3/c1-4-11-20(17(21)14(19)13-22-3)15-12-16(23-5-2)18(15)9-7-6-8-10-18/h14-16H,4-13,19H2,1-3H3. The lowest BCUT2D eigenvalue weighted by Gasteiger charge is -2.61. The van der Waals surface area contributed by atoms with Crippen LogP contribution in [0.2, 0.25) is 0 Å². The number of nitrogens with two attached hydrogens (primary N) is 1. The molecule has 2 aliphatic carbocycles. The minimum absolute atomic E-state index is 0.0404. The lowest BCUT2D eigenvalue weighted by Crippen LogP contribution is -2.68. The monoisotopic (exact) mass is 326 g/mol. The van der Waals surface area contributed by atoms with Crippen LogP contribution in [0.25, 0.3) is 0 Å². The number of nitrogens with zero attached hydrogens (tertiary/aromatic N) is 1. The summed E-state index contributed by atoms with van der Waals surface area (Å²) in [7, 11) is 1.59. The van der Waals surface area contributed by atoms with E-state index in [0.29, 0.717) is 6.10 Å². The maximum absolute atomic E-state index is 12.8. The summed E-state index contributed by atoms with van der Waals surface area (Å²) in [6.07, 6.45) is 8.37. The van der Waals surface area contributed by atoms with Gasteiger partial charge in [-0.2, -0.15) is 0 Å². The third-order valence-corrected chi connectivity index (χ3v) is 5.68. The molecule has 1 amide bonds. The van der Waals surface area contributed by atoms with Gasteiger partial charge < -0.3 is 20.1 Å². The molecule has 3 unspecified atom stereocenters. The van der Waals surface area contributed by atoms with Gasteiger partial charge in [0.1, 0.15) is 6.04 Å². The van der Waals surface area contributed by atoms with Gasteiger partial charge in [-0.3, -0.25) is 4.79 Å². The number of carbonyl (C=O) groups excluding carboxylic acids is 1. The van der Waals surface area contributed by atoms with Crippen molar-refractivity contribution in [1.82, 2.24) is 4.90 Å². The Labute approximate surface area is 140 Å². The highest BCUT2D eigenvalue weighted by atomic mass is 16.5. The molecule has 2 fully saturated rings. The van der Waals surface area contributed by atoms with Crippen LogP contribution in [0.3, 0.4) is 0 Å². The van der Waals surface area contributed by atoms with Gasteiger partial charge in [0, 0.05) is 31.7 Å². The van der Waals surface area contributed by atoms with E-state index in [2.05, 4.69) is 13.8 Å². The summed E-state index contributed by atoms with van der Waals surface area (Å²) in [6, 6.07) is -0.270. The first-order valence-corrected chi connectivity index (χ1v) is 9.27. The third-order valence-electron chi connectivity index (χ3n) is 5.68. The van der Waals surface area contributed by atoms with Crippen molar-refractivity contribution in [3.8, 4) is 0 Å². The van der Waals surface area contributed by atoms with E-state index in [0.717, 1.165) is 26.0 Å². The fourth-order valence-electron chi connectivity index (χ4n) is 4.59. The van der Waals surface area contributed by atoms with Crippen molar-refractivity contribution in [3.63, 3.8) is 0 Å². The van der Waals surface area contributed by atoms with Crippen molar-refractivity contribution in [2.45, 2.75) is 77.0 Å². The van der Waals surface area contributed by atoms with Gasteiger partial charge in [-0.1, -0.05) is 26.2 Å². The highest BCUT2D eigenvalue weighted by Gasteiger charge is 2.58. The molecule has 5 heteroatoms. The zero-order valence-electron chi connectivity index (χ0n) is 15.1. The van der Waals surface area contributed by atoms with Crippen LogP contribution in [0, 0.1) is 5.41 Å². The number of hydrogen-bond donors (Lipinski definition) is 1. The number of rotatable bonds is 8. The van der Waals surface area contributed by atoms with Crippen molar-refractivity contribution in [2.75, 3.05) is 26.9 Å². The molecular formula is C18H34N2O3. The molecular weight excluding hydrogens is 292 g/mol. The summed E-state index contributed by atoms with van der Waals surface area (Å²) in [5.74, 6) is 0.0404. The van der Waals surface area contributed by atoms with Gasteiger partial charge in [0.25, 0.3) is 0 Å². The van der Waals surface area contributed by atoms with E-state index in [1.165, 1.54) is 32.1 Å². The van der Waals surface area contributed by atoms with E-state index >= 15 is 0 Å². The minimum atomic E-state index is -0.557. The Morgan fingerprint density at radius 1 is 1.30 bits per heavy atom. The number of ether oxygens (including phenoxy) is 2. The Bertz CT molecular complexity index is 382. The summed E-state index contributed by atoms with van der Waals surface area (Å²) in [5, 5.41) is 0. The van der Waals surface area contributed by atoms with Crippen molar-refractivity contribution < 1.29 is 14.3 Å². The normalized spacial score (nSPS) is 27.5. The number of hydrogen-bond acceptors (Lipinski definition) is 4. The zero-order chi connectivity index (χ0) is 16.9. The lowest BCUT2D eigenvalue weighted by atomic mass is 9.54. The lowest BCUT2D eigenvalue weighted by molar-refractivity contribution is -0.189. The fraction of sp³-hybridized carbons (Fsp3) is 0.944. The Morgan fingerprint density at radius 2 is 2.00 bits per heavy atom. The smallest absolute Gasteiger partial charge is 0.242 e. The largest absolute Gasteiger partial charge is 0.383 e. The first-order chi connectivity index (χ1) is 11.1.